The summed E-state index contributed by atoms with van der Waals surface area (Å²) in [6.07, 6.45) is 8.87. The fourth-order valence-electron chi connectivity index (χ4n) is 6.27. The molecule has 0 saturated heterocycles. The molecule has 3 aliphatic rings. The first-order valence-corrected chi connectivity index (χ1v) is 14.5. The molecule has 1 fully saturated rings. The number of benzene rings is 1. The van der Waals surface area contributed by atoms with Crippen LogP contribution in [0.5, 0.6) is 0 Å². The van der Waals surface area contributed by atoms with Crippen molar-refractivity contribution in [3.8, 4) is 0 Å². The van der Waals surface area contributed by atoms with E-state index in [9.17, 15) is 18.7 Å². The fraction of sp³-hybridized carbons (Fsp3) is 0.455. The van der Waals surface area contributed by atoms with Crippen molar-refractivity contribution >= 4 is 28.7 Å². The van der Waals surface area contributed by atoms with Crippen molar-refractivity contribution in [2.75, 3.05) is 6.61 Å². The minimum absolute atomic E-state index is 0.0116. The number of aromatic carboxylic acids is 1. The van der Waals surface area contributed by atoms with Crippen molar-refractivity contribution in [3.05, 3.63) is 86.4 Å². The molecule has 0 radical (unpaired) electrons. The van der Waals surface area contributed by atoms with Crippen LogP contribution in [0.1, 0.15) is 98.5 Å². The molecule has 1 aromatic carbocycles. The largest absolute Gasteiger partial charge is 0.493 e. The number of allylic oxidation sites excluding steroid dienone is 4. The van der Waals surface area contributed by atoms with Gasteiger partial charge in [0, 0.05) is 35.7 Å². The SMILES string of the molecule is CC1=C(C)C(c2cnc3c(c2)CCC(CCC2CCC(F)(F)CC2)C=C3c2ccc(C(=O)O)c(Cl)c2)=C(C)OC1. The van der Waals surface area contributed by atoms with Gasteiger partial charge in [0.1, 0.15) is 12.4 Å². The number of carbonyl (C=O) groups is 1. The lowest BCUT2D eigenvalue weighted by atomic mass is 9.81. The molecule has 7 heteroatoms. The number of carboxylic acid groups (broad SMARTS) is 1. The molecule has 1 N–H and O–H groups in total. The first-order chi connectivity index (χ1) is 19.0. The highest BCUT2D eigenvalue weighted by molar-refractivity contribution is 6.33. The van der Waals surface area contributed by atoms with Crippen LogP contribution in [0.3, 0.4) is 0 Å². The van der Waals surface area contributed by atoms with Gasteiger partial charge in [-0.15, -0.1) is 0 Å². The second-order valence-corrected chi connectivity index (χ2v) is 12.0. The Balaban J connectivity index is 1.49. The molecule has 1 aliphatic heterocycles. The summed E-state index contributed by atoms with van der Waals surface area (Å²) in [5, 5.41) is 9.66. The van der Waals surface area contributed by atoms with E-state index >= 15 is 0 Å². The van der Waals surface area contributed by atoms with Gasteiger partial charge >= 0.3 is 5.97 Å². The molecule has 5 rings (SSSR count). The minimum Gasteiger partial charge on any atom is -0.493 e. The predicted molar refractivity (Wildman–Crippen MR) is 155 cm³/mol. The molecular formula is C33H36ClF2NO3. The molecule has 1 saturated carbocycles. The van der Waals surface area contributed by atoms with E-state index in [4.69, 9.17) is 21.3 Å². The van der Waals surface area contributed by atoms with E-state index in [1.54, 1.807) is 18.2 Å². The number of nitrogens with zero attached hydrogens (tertiary/aromatic N) is 1. The number of fused-ring (bicyclic) bond motifs is 1. The third kappa shape index (κ3) is 6.02. The van der Waals surface area contributed by atoms with E-state index in [1.165, 1.54) is 11.1 Å². The topological polar surface area (TPSA) is 59.4 Å². The molecule has 2 aliphatic carbocycles. The Bertz CT molecular complexity index is 1410. The molecule has 40 heavy (non-hydrogen) atoms. The Kier molecular flexibility index (Phi) is 8.19. The second kappa shape index (κ2) is 11.5. The highest BCUT2D eigenvalue weighted by Gasteiger charge is 2.35. The quantitative estimate of drug-likeness (QED) is 0.378. The summed E-state index contributed by atoms with van der Waals surface area (Å²) in [4.78, 5) is 16.5. The number of aryl methyl sites for hydroxylation is 1. The van der Waals surface area contributed by atoms with Gasteiger partial charge in [-0.05, 0) is 112 Å². The van der Waals surface area contributed by atoms with Gasteiger partial charge in [-0.1, -0.05) is 23.7 Å². The molecule has 0 bridgehead atoms. The van der Waals surface area contributed by atoms with Crippen LogP contribution in [0, 0.1) is 11.8 Å². The van der Waals surface area contributed by atoms with Crippen molar-refractivity contribution in [2.24, 2.45) is 11.8 Å². The highest BCUT2D eigenvalue weighted by atomic mass is 35.5. The van der Waals surface area contributed by atoms with Gasteiger partial charge in [-0.25, -0.2) is 13.6 Å². The van der Waals surface area contributed by atoms with E-state index in [1.807, 2.05) is 13.1 Å². The summed E-state index contributed by atoms with van der Waals surface area (Å²) in [5.41, 5.74) is 8.32. The van der Waals surface area contributed by atoms with E-state index in [0.717, 1.165) is 65.0 Å². The van der Waals surface area contributed by atoms with Crippen LogP contribution in [-0.4, -0.2) is 28.6 Å². The third-order valence-corrected chi connectivity index (χ3v) is 9.18. The summed E-state index contributed by atoms with van der Waals surface area (Å²) in [6.45, 7) is 6.80. The van der Waals surface area contributed by atoms with Crippen LogP contribution in [0.4, 0.5) is 8.78 Å². The maximum absolute atomic E-state index is 13.7. The molecule has 2 aromatic rings. The first-order valence-electron chi connectivity index (χ1n) is 14.2. The molecular weight excluding hydrogens is 532 g/mol. The zero-order valence-electron chi connectivity index (χ0n) is 23.3. The van der Waals surface area contributed by atoms with Crippen molar-refractivity contribution in [3.63, 3.8) is 0 Å². The van der Waals surface area contributed by atoms with Crippen LogP contribution in [0.15, 0.2) is 53.4 Å². The fourth-order valence-corrected chi connectivity index (χ4v) is 6.53. The summed E-state index contributed by atoms with van der Waals surface area (Å²) in [7, 11) is 0. The third-order valence-electron chi connectivity index (χ3n) is 8.86. The number of hydrogen-bond acceptors (Lipinski definition) is 3. The van der Waals surface area contributed by atoms with Gasteiger partial charge in [-0.3, -0.25) is 4.98 Å². The van der Waals surface area contributed by atoms with Crippen molar-refractivity contribution in [1.29, 1.82) is 0 Å². The predicted octanol–water partition coefficient (Wildman–Crippen LogP) is 9.13. The minimum atomic E-state index is -2.51. The zero-order valence-corrected chi connectivity index (χ0v) is 24.1. The molecule has 0 spiro atoms. The summed E-state index contributed by atoms with van der Waals surface area (Å²) < 4.78 is 33.3. The molecule has 1 atom stereocenters. The zero-order chi connectivity index (χ0) is 28.6. The Hall–Kier alpha value is -2.99. The Labute approximate surface area is 239 Å². The first kappa shape index (κ1) is 28.5. The molecule has 0 amide bonds. The summed E-state index contributed by atoms with van der Waals surface area (Å²) in [5.74, 6) is -2.11. The second-order valence-electron chi connectivity index (χ2n) is 11.6. The van der Waals surface area contributed by atoms with Gasteiger partial charge in [0.05, 0.1) is 16.3 Å². The average Bonchev–Trinajstić information content (AvgIpc) is 3.09. The van der Waals surface area contributed by atoms with E-state index in [2.05, 4.69) is 26.0 Å². The number of rotatable bonds is 6. The lowest BCUT2D eigenvalue weighted by Gasteiger charge is -2.29. The smallest absolute Gasteiger partial charge is 0.337 e. The molecule has 2 heterocycles. The standard InChI is InChI=1S/C33H36ClF2NO3/c1-19-18-40-21(3)30(20(19)2)26-15-25-7-6-23(5-4-22-10-12-33(35,36)13-11-22)14-28(31(25)37-17-26)24-8-9-27(32(38)39)29(34)16-24/h8-9,14-17,22-23H,4-7,10-13,18H2,1-3H3,(H,38,39). The van der Waals surface area contributed by atoms with Gasteiger partial charge in [0.15, 0.2) is 0 Å². The van der Waals surface area contributed by atoms with E-state index in [-0.39, 0.29) is 29.3 Å². The number of pyridine rings is 1. The number of alkyl halides is 2. The monoisotopic (exact) mass is 567 g/mol. The number of halogens is 3. The lowest BCUT2D eigenvalue weighted by Crippen LogP contribution is -2.24. The van der Waals surface area contributed by atoms with Crippen LogP contribution in [0.25, 0.3) is 11.1 Å². The molecule has 4 nitrogen and oxygen atoms in total. The Morgan fingerprint density at radius 2 is 1.85 bits per heavy atom. The average molecular weight is 568 g/mol. The lowest BCUT2D eigenvalue weighted by molar-refractivity contribution is -0.0468. The van der Waals surface area contributed by atoms with Crippen molar-refractivity contribution < 1.29 is 23.4 Å². The van der Waals surface area contributed by atoms with Crippen molar-refractivity contribution in [2.45, 2.75) is 78.1 Å². The number of ether oxygens (including phenoxy) is 1. The van der Waals surface area contributed by atoms with Crippen LogP contribution in [0.2, 0.25) is 5.02 Å². The normalized spacial score (nSPS) is 21.4. The van der Waals surface area contributed by atoms with E-state index < -0.39 is 11.9 Å². The van der Waals surface area contributed by atoms with Gasteiger partial charge in [0.2, 0.25) is 5.92 Å². The van der Waals surface area contributed by atoms with Gasteiger partial charge < -0.3 is 9.84 Å². The van der Waals surface area contributed by atoms with Crippen LogP contribution >= 0.6 is 11.6 Å². The van der Waals surface area contributed by atoms with Crippen molar-refractivity contribution in [1.82, 2.24) is 4.98 Å². The number of aromatic nitrogens is 1. The number of hydrogen-bond donors (Lipinski definition) is 1. The van der Waals surface area contributed by atoms with E-state index in [0.29, 0.717) is 25.4 Å². The van der Waals surface area contributed by atoms with Gasteiger partial charge in [-0.2, -0.15) is 0 Å². The van der Waals surface area contributed by atoms with Crippen LogP contribution in [-0.2, 0) is 11.2 Å². The molecule has 1 unspecified atom stereocenters. The maximum atomic E-state index is 13.7. The molecule has 1 aromatic heterocycles. The Morgan fingerprint density at radius 1 is 1.10 bits per heavy atom. The highest BCUT2D eigenvalue weighted by Crippen LogP contribution is 2.41. The Morgan fingerprint density at radius 3 is 2.55 bits per heavy atom. The van der Waals surface area contributed by atoms with Crippen LogP contribution < -0.4 is 0 Å². The maximum Gasteiger partial charge on any atom is 0.337 e. The summed E-state index contributed by atoms with van der Waals surface area (Å²) in [6, 6.07) is 7.25. The summed E-state index contributed by atoms with van der Waals surface area (Å²) >= 11 is 6.39. The molecule has 212 valence electrons. The van der Waals surface area contributed by atoms with Gasteiger partial charge in [0.25, 0.3) is 0 Å². The number of carboxylic acids is 1.